The molecule has 1 rings (SSSR count). The van der Waals surface area contributed by atoms with Gasteiger partial charge in [-0.25, -0.2) is 0 Å². The summed E-state index contributed by atoms with van der Waals surface area (Å²) in [5, 5.41) is 0. The van der Waals surface area contributed by atoms with E-state index in [1.54, 1.807) is 0 Å². The minimum absolute atomic E-state index is 1.13. The molecule has 0 aliphatic heterocycles. The van der Waals surface area contributed by atoms with E-state index < -0.39 is 16.6 Å². The number of hydrogen-bond donors (Lipinski definition) is 0. The van der Waals surface area contributed by atoms with Crippen molar-refractivity contribution in [3.8, 4) is 0 Å². The monoisotopic (exact) mass is 252 g/mol. The van der Waals surface area contributed by atoms with E-state index in [-0.39, 0.29) is 0 Å². The summed E-state index contributed by atoms with van der Waals surface area (Å²) in [6.07, 6.45) is 0. The Kier molecular flexibility index (Phi) is 4.15. The average Bonchev–Trinajstić information content (AvgIpc) is 2.04. The van der Waals surface area contributed by atoms with Crippen LogP contribution in [0.2, 0.25) is 32.7 Å². The molecule has 0 atom stereocenters. The Balaban J connectivity index is 2.77. The molecule has 0 bridgehead atoms. The molecule has 90 valence electrons. The van der Waals surface area contributed by atoms with Gasteiger partial charge in [-0.2, -0.15) is 0 Å². The minimum atomic E-state index is -1.55. The highest BCUT2D eigenvalue weighted by molar-refractivity contribution is 6.83. The quantitative estimate of drug-likeness (QED) is 0.732. The zero-order valence-electron chi connectivity index (χ0n) is 11.4. The highest BCUT2D eigenvalue weighted by atomic mass is 28.4. The lowest BCUT2D eigenvalue weighted by molar-refractivity contribution is 0.548. The number of rotatable bonds is 4. The molecule has 0 unspecified atom stereocenters. The second-order valence-corrected chi connectivity index (χ2v) is 15.0. The molecule has 0 fully saturated rings. The van der Waals surface area contributed by atoms with Crippen LogP contribution in [0.5, 0.6) is 0 Å². The lowest BCUT2D eigenvalue weighted by Gasteiger charge is -2.32. The standard InChI is InChI=1S/C13H24OSi2/c1-12-9-7-8-10-13(12)11-16(5,6)14-15(2,3)4/h7-10H,11H2,1-6H3. The smallest absolute Gasteiger partial charge is 0.177 e. The molecule has 1 aromatic carbocycles. The highest BCUT2D eigenvalue weighted by Crippen LogP contribution is 2.20. The van der Waals surface area contributed by atoms with Crippen molar-refractivity contribution < 1.29 is 4.12 Å². The first-order chi connectivity index (χ1) is 7.20. The molecule has 0 heterocycles. The third-order valence-electron chi connectivity index (χ3n) is 2.46. The molecule has 0 saturated carbocycles. The third kappa shape index (κ3) is 4.64. The van der Waals surface area contributed by atoms with Gasteiger partial charge in [-0.15, -0.1) is 0 Å². The summed E-state index contributed by atoms with van der Waals surface area (Å²) in [5.41, 5.74) is 2.85. The van der Waals surface area contributed by atoms with Crippen LogP contribution in [0.1, 0.15) is 11.1 Å². The molecule has 0 saturated heterocycles. The van der Waals surface area contributed by atoms with Crippen molar-refractivity contribution in [2.75, 3.05) is 0 Å². The number of aryl methyl sites for hydroxylation is 1. The lowest BCUT2D eigenvalue weighted by atomic mass is 10.1. The van der Waals surface area contributed by atoms with Gasteiger partial charge in [0.15, 0.2) is 16.6 Å². The van der Waals surface area contributed by atoms with Gasteiger partial charge in [0.05, 0.1) is 0 Å². The van der Waals surface area contributed by atoms with Crippen LogP contribution < -0.4 is 0 Å². The van der Waals surface area contributed by atoms with Crippen molar-refractivity contribution in [1.82, 2.24) is 0 Å². The van der Waals surface area contributed by atoms with E-state index in [1.807, 2.05) is 0 Å². The van der Waals surface area contributed by atoms with Crippen LogP contribution in [0.4, 0.5) is 0 Å². The largest absolute Gasteiger partial charge is 0.455 e. The van der Waals surface area contributed by atoms with Gasteiger partial charge in [0, 0.05) is 0 Å². The molecule has 0 aliphatic rings. The summed E-state index contributed by atoms with van der Waals surface area (Å²) in [4.78, 5) is 0. The fraction of sp³-hybridized carbons (Fsp3) is 0.538. The van der Waals surface area contributed by atoms with Crippen molar-refractivity contribution in [2.24, 2.45) is 0 Å². The molecule has 1 nitrogen and oxygen atoms in total. The highest BCUT2D eigenvalue weighted by Gasteiger charge is 2.29. The maximum atomic E-state index is 6.36. The van der Waals surface area contributed by atoms with Gasteiger partial charge in [-0.3, -0.25) is 0 Å². The Labute approximate surface area is 102 Å². The zero-order chi connectivity index (χ0) is 12.4. The van der Waals surface area contributed by atoms with Crippen molar-refractivity contribution in [1.29, 1.82) is 0 Å². The summed E-state index contributed by atoms with van der Waals surface area (Å²) < 4.78 is 6.36. The second kappa shape index (κ2) is 4.86. The molecule has 3 heteroatoms. The fourth-order valence-corrected chi connectivity index (χ4v) is 10.4. The van der Waals surface area contributed by atoms with E-state index in [1.165, 1.54) is 11.1 Å². The summed E-state index contributed by atoms with van der Waals surface area (Å²) in [6.45, 7) is 13.7. The molecular weight excluding hydrogens is 228 g/mol. The van der Waals surface area contributed by atoms with Gasteiger partial charge in [0.1, 0.15) is 0 Å². The van der Waals surface area contributed by atoms with E-state index >= 15 is 0 Å². The van der Waals surface area contributed by atoms with E-state index in [2.05, 4.69) is 63.9 Å². The minimum Gasteiger partial charge on any atom is -0.455 e. The van der Waals surface area contributed by atoms with E-state index in [0.29, 0.717) is 0 Å². The molecule has 0 aromatic heterocycles. The predicted molar refractivity (Wildman–Crippen MR) is 76.8 cm³/mol. The molecule has 16 heavy (non-hydrogen) atoms. The summed E-state index contributed by atoms with van der Waals surface area (Å²) in [6, 6.07) is 9.78. The van der Waals surface area contributed by atoms with Crippen molar-refractivity contribution >= 4 is 16.6 Å². The Morgan fingerprint density at radius 3 is 2.06 bits per heavy atom. The Hall–Kier alpha value is -0.386. The third-order valence-corrected chi connectivity index (χ3v) is 8.35. The average molecular weight is 253 g/mol. The lowest BCUT2D eigenvalue weighted by Crippen LogP contribution is -2.44. The van der Waals surface area contributed by atoms with Crippen LogP contribution in [0.15, 0.2) is 24.3 Å². The molecule has 0 N–H and O–H groups in total. The van der Waals surface area contributed by atoms with E-state index in [0.717, 1.165) is 6.04 Å². The Bertz CT molecular complexity index is 353. The fourth-order valence-electron chi connectivity index (χ4n) is 2.13. The second-order valence-electron chi connectivity index (χ2n) is 6.08. The Morgan fingerprint density at radius 1 is 1.00 bits per heavy atom. The molecule has 0 aliphatic carbocycles. The van der Waals surface area contributed by atoms with E-state index in [4.69, 9.17) is 4.12 Å². The number of hydrogen-bond acceptors (Lipinski definition) is 1. The summed E-state index contributed by atoms with van der Waals surface area (Å²) in [5.74, 6) is 0. The van der Waals surface area contributed by atoms with Crippen molar-refractivity contribution in [3.63, 3.8) is 0 Å². The molecule has 0 amide bonds. The topological polar surface area (TPSA) is 9.23 Å². The van der Waals surface area contributed by atoms with Crippen molar-refractivity contribution in [2.45, 2.75) is 45.7 Å². The SMILES string of the molecule is Cc1ccccc1C[Si](C)(C)O[Si](C)(C)C. The predicted octanol–water partition coefficient (Wildman–Crippen LogP) is 4.13. The van der Waals surface area contributed by atoms with Crippen molar-refractivity contribution in [3.05, 3.63) is 35.4 Å². The van der Waals surface area contributed by atoms with Crippen LogP contribution in [0.3, 0.4) is 0 Å². The van der Waals surface area contributed by atoms with Crippen LogP contribution >= 0.6 is 0 Å². The first kappa shape index (κ1) is 13.7. The van der Waals surface area contributed by atoms with Gasteiger partial charge in [0.2, 0.25) is 0 Å². The maximum Gasteiger partial charge on any atom is 0.177 e. The molecule has 0 radical (unpaired) electrons. The van der Waals surface area contributed by atoms with Crippen LogP contribution in [0.25, 0.3) is 0 Å². The zero-order valence-corrected chi connectivity index (χ0v) is 13.4. The molecule has 0 spiro atoms. The first-order valence-electron chi connectivity index (χ1n) is 5.94. The Morgan fingerprint density at radius 2 is 1.56 bits per heavy atom. The maximum absolute atomic E-state index is 6.36. The van der Waals surface area contributed by atoms with Gasteiger partial charge in [-0.1, -0.05) is 24.3 Å². The summed E-state index contributed by atoms with van der Waals surface area (Å²) in [7, 11) is -2.95. The van der Waals surface area contributed by atoms with Crippen LogP contribution in [-0.4, -0.2) is 16.6 Å². The summed E-state index contributed by atoms with van der Waals surface area (Å²) >= 11 is 0. The first-order valence-corrected chi connectivity index (χ1v) is 12.5. The van der Waals surface area contributed by atoms with E-state index in [9.17, 15) is 0 Å². The van der Waals surface area contributed by atoms with Crippen LogP contribution in [-0.2, 0) is 10.2 Å². The molecular formula is C13H24OSi2. The molecule has 1 aromatic rings. The number of benzene rings is 1. The van der Waals surface area contributed by atoms with Gasteiger partial charge < -0.3 is 4.12 Å². The van der Waals surface area contributed by atoms with Crippen LogP contribution in [0, 0.1) is 6.92 Å². The van der Waals surface area contributed by atoms with Gasteiger partial charge in [-0.05, 0) is 56.8 Å². The normalized spacial score (nSPS) is 12.9. The van der Waals surface area contributed by atoms with Gasteiger partial charge in [0.25, 0.3) is 0 Å². The van der Waals surface area contributed by atoms with Gasteiger partial charge >= 0.3 is 0 Å².